The number of para-hydroxylation sites is 1. The molecule has 2 aromatic carbocycles. The zero-order chi connectivity index (χ0) is 18.0. The van der Waals surface area contributed by atoms with Crippen LogP contribution in [0.25, 0.3) is 16.9 Å². The molecule has 25 heavy (non-hydrogen) atoms. The minimum absolute atomic E-state index is 0.000922. The second kappa shape index (κ2) is 6.31. The second-order valence-electron chi connectivity index (χ2n) is 5.10. The number of primary amides is 1. The molecule has 0 aliphatic carbocycles. The van der Waals surface area contributed by atoms with Crippen LogP contribution in [0.15, 0.2) is 60.7 Å². The molecule has 1 amide bonds. The molecule has 0 fully saturated rings. The smallest absolute Gasteiger partial charge is 0.406 e. The van der Waals surface area contributed by atoms with Gasteiger partial charge in [-0.05, 0) is 30.3 Å². The number of hydrogen-bond acceptors (Lipinski definition) is 3. The maximum atomic E-state index is 12.4. The summed E-state index contributed by atoms with van der Waals surface area (Å²) in [4.78, 5) is 11.5. The Morgan fingerprint density at radius 2 is 1.76 bits per heavy atom. The summed E-state index contributed by atoms with van der Waals surface area (Å²) in [5.41, 5.74) is 6.71. The van der Waals surface area contributed by atoms with Crippen molar-refractivity contribution in [2.45, 2.75) is 6.36 Å². The van der Waals surface area contributed by atoms with E-state index >= 15 is 0 Å². The van der Waals surface area contributed by atoms with Crippen molar-refractivity contribution in [1.82, 2.24) is 9.78 Å². The molecule has 0 saturated heterocycles. The number of nitrogens with two attached hydrogens (primary N) is 1. The molecule has 0 bridgehead atoms. The number of rotatable bonds is 4. The fourth-order valence-electron chi connectivity index (χ4n) is 2.33. The zero-order valence-corrected chi connectivity index (χ0v) is 12.7. The molecule has 0 saturated carbocycles. The number of aromatic nitrogens is 2. The third kappa shape index (κ3) is 3.79. The molecule has 0 unspecified atom stereocenters. The molecular formula is C17H12F3N3O2. The molecule has 0 aliphatic heterocycles. The molecular weight excluding hydrogens is 335 g/mol. The van der Waals surface area contributed by atoms with E-state index in [4.69, 9.17) is 5.73 Å². The molecule has 0 spiro atoms. The Morgan fingerprint density at radius 3 is 2.40 bits per heavy atom. The molecule has 128 valence electrons. The third-order valence-electron chi connectivity index (χ3n) is 3.33. The summed E-state index contributed by atoms with van der Waals surface area (Å²) in [5, 5.41) is 4.14. The number of carbonyl (C=O) groups is 1. The number of carbonyl (C=O) groups excluding carboxylic acids is 1. The van der Waals surface area contributed by atoms with Gasteiger partial charge in [-0.1, -0.05) is 30.3 Å². The van der Waals surface area contributed by atoms with Crippen LogP contribution in [0.1, 0.15) is 10.5 Å². The summed E-state index contributed by atoms with van der Waals surface area (Å²) in [6.07, 6.45) is -4.79. The van der Waals surface area contributed by atoms with Crippen LogP contribution in [0.4, 0.5) is 13.2 Å². The highest BCUT2D eigenvalue weighted by Crippen LogP contribution is 2.29. The van der Waals surface area contributed by atoms with Gasteiger partial charge in [-0.3, -0.25) is 4.79 Å². The monoisotopic (exact) mass is 347 g/mol. The van der Waals surface area contributed by atoms with E-state index in [1.54, 1.807) is 36.4 Å². The van der Waals surface area contributed by atoms with Crippen molar-refractivity contribution < 1.29 is 22.7 Å². The van der Waals surface area contributed by atoms with Crippen molar-refractivity contribution in [3.8, 4) is 22.7 Å². The van der Waals surface area contributed by atoms with Crippen LogP contribution in [0.5, 0.6) is 5.75 Å². The zero-order valence-electron chi connectivity index (χ0n) is 12.7. The van der Waals surface area contributed by atoms with Gasteiger partial charge in [0.05, 0.1) is 11.4 Å². The van der Waals surface area contributed by atoms with Crippen LogP contribution in [-0.2, 0) is 0 Å². The Hall–Kier alpha value is -3.29. The van der Waals surface area contributed by atoms with Crippen LogP contribution >= 0.6 is 0 Å². The number of nitrogens with zero attached hydrogens (tertiary/aromatic N) is 2. The Balaban J connectivity index is 2.10. The van der Waals surface area contributed by atoms with Gasteiger partial charge in [-0.25, -0.2) is 4.68 Å². The summed E-state index contributed by atoms with van der Waals surface area (Å²) in [6.45, 7) is 0. The van der Waals surface area contributed by atoms with E-state index in [0.717, 1.165) is 0 Å². The van der Waals surface area contributed by atoms with Crippen LogP contribution < -0.4 is 10.5 Å². The van der Waals surface area contributed by atoms with E-state index in [0.29, 0.717) is 16.9 Å². The van der Waals surface area contributed by atoms with Gasteiger partial charge in [0.15, 0.2) is 5.69 Å². The predicted molar refractivity (Wildman–Crippen MR) is 84.2 cm³/mol. The lowest BCUT2D eigenvalue weighted by Crippen LogP contribution is -2.17. The molecule has 3 aromatic rings. The first-order valence-electron chi connectivity index (χ1n) is 7.15. The quantitative estimate of drug-likeness (QED) is 0.785. The lowest BCUT2D eigenvalue weighted by molar-refractivity contribution is -0.274. The van der Waals surface area contributed by atoms with Gasteiger partial charge in [0, 0.05) is 5.56 Å². The largest absolute Gasteiger partial charge is 0.573 e. The van der Waals surface area contributed by atoms with E-state index in [9.17, 15) is 18.0 Å². The van der Waals surface area contributed by atoms with Gasteiger partial charge < -0.3 is 10.5 Å². The Labute approximate surface area is 140 Å². The van der Waals surface area contributed by atoms with E-state index in [2.05, 4.69) is 9.84 Å². The summed E-state index contributed by atoms with van der Waals surface area (Å²) in [7, 11) is 0. The maximum Gasteiger partial charge on any atom is 0.573 e. The van der Waals surface area contributed by atoms with Crippen LogP contribution in [0, 0.1) is 0 Å². The first-order chi connectivity index (χ1) is 11.8. The number of benzene rings is 2. The molecule has 0 radical (unpaired) electrons. The van der Waals surface area contributed by atoms with Crippen molar-refractivity contribution in [1.29, 1.82) is 0 Å². The highest BCUT2D eigenvalue weighted by atomic mass is 19.4. The van der Waals surface area contributed by atoms with E-state index in [1.807, 2.05) is 0 Å². The first-order valence-corrected chi connectivity index (χ1v) is 7.15. The molecule has 5 nitrogen and oxygen atoms in total. The van der Waals surface area contributed by atoms with Crippen molar-refractivity contribution in [3.63, 3.8) is 0 Å². The summed E-state index contributed by atoms with van der Waals surface area (Å²) in [5.74, 6) is -1.11. The van der Waals surface area contributed by atoms with Gasteiger partial charge >= 0.3 is 6.36 Å². The van der Waals surface area contributed by atoms with Crippen molar-refractivity contribution in [2.24, 2.45) is 5.73 Å². The molecule has 1 aromatic heterocycles. The SMILES string of the molecule is NC(=O)c1cc(-c2cccc(OC(F)(F)F)c2)n(-c2ccccc2)n1. The highest BCUT2D eigenvalue weighted by molar-refractivity contribution is 5.92. The number of amides is 1. The minimum atomic E-state index is -4.79. The Bertz CT molecular complexity index is 905. The van der Waals surface area contributed by atoms with Crippen molar-refractivity contribution >= 4 is 5.91 Å². The van der Waals surface area contributed by atoms with Crippen molar-refractivity contribution in [2.75, 3.05) is 0 Å². The topological polar surface area (TPSA) is 70.1 Å². The summed E-state index contributed by atoms with van der Waals surface area (Å²) >= 11 is 0. The molecule has 3 rings (SSSR count). The van der Waals surface area contributed by atoms with Gasteiger partial charge in [-0.15, -0.1) is 13.2 Å². The van der Waals surface area contributed by atoms with Crippen LogP contribution in [0.2, 0.25) is 0 Å². The number of halogens is 3. The van der Waals surface area contributed by atoms with E-state index in [1.165, 1.54) is 28.9 Å². The molecule has 0 aliphatic rings. The summed E-state index contributed by atoms with van der Waals surface area (Å²) < 4.78 is 42.7. The molecule has 2 N–H and O–H groups in total. The van der Waals surface area contributed by atoms with Crippen LogP contribution in [-0.4, -0.2) is 22.1 Å². The maximum absolute atomic E-state index is 12.4. The predicted octanol–water partition coefficient (Wildman–Crippen LogP) is 3.54. The fraction of sp³-hybridized carbons (Fsp3) is 0.0588. The average Bonchev–Trinajstić information content (AvgIpc) is 3.00. The van der Waals surface area contributed by atoms with Gasteiger partial charge in [0.2, 0.25) is 0 Å². The van der Waals surface area contributed by atoms with E-state index < -0.39 is 12.3 Å². The van der Waals surface area contributed by atoms with Gasteiger partial charge in [-0.2, -0.15) is 5.10 Å². The number of alkyl halides is 3. The normalized spacial score (nSPS) is 11.3. The Morgan fingerprint density at radius 1 is 1.04 bits per heavy atom. The first kappa shape index (κ1) is 16.6. The van der Waals surface area contributed by atoms with Crippen LogP contribution in [0.3, 0.4) is 0 Å². The standard InChI is InChI=1S/C17H12F3N3O2/c18-17(19,20)25-13-8-4-5-11(9-13)15-10-14(16(21)24)22-23(15)12-6-2-1-3-7-12/h1-10H,(H2,21,24). The fourth-order valence-corrected chi connectivity index (χ4v) is 2.33. The van der Waals surface area contributed by atoms with E-state index in [-0.39, 0.29) is 11.4 Å². The number of hydrogen-bond donors (Lipinski definition) is 1. The summed E-state index contributed by atoms with van der Waals surface area (Å²) in [6, 6.07) is 15.7. The minimum Gasteiger partial charge on any atom is -0.406 e. The molecule has 0 atom stereocenters. The lowest BCUT2D eigenvalue weighted by atomic mass is 10.1. The molecule has 8 heteroatoms. The molecule has 1 heterocycles. The lowest BCUT2D eigenvalue weighted by Gasteiger charge is -2.11. The average molecular weight is 347 g/mol. The second-order valence-corrected chi connectivity index (χ2v) is 5.10. The Kier molecular flexibility index (Phi) is 4.18. The van der Waals surface area contributed by atoms with Gasteiger partial charge in [0.25, 0.3) is 5.91 Å². The third-order valence-corrected chi connectivity index (χ3v) is 3.33. The number of ether oxygens (including phenoxy) is 1. The highest BCUT2D eigenvalue weighted by Gasteiger charge is 2.31. The van der Waals surface area contributed by atoms with Gasteiger partial charge in [0.1, 0.15) is 5.75 Å². The van der Waals surface area contributed by atoms with Crippen molar-refractivity contribution in [3.05, 3.63) is 66.4 Å².